The van der Waals surface area contributed by atoms with E-state index in [0.717, 1.165) is 4.90 Å². The van der Waals surface area contributed by atoms with Crippen molar-refractivity contribution in [1.82, 2.24) is 9.55 Å². The maximum atomic E-state index is 12.0. The largest absolute Gasteiger partial charge is 0.312 e. The van der Waals surface area contributed by atoms with Crippen LogP contribution in [0.5, 0.6) is 0 Å². The van der Waals surface area contributed by atoms with Gasteiger partial charge in [-0.25, -0.2) is 4.98 Å². The molecular weight excluding hydrogens is 244 g/mol. The number of hydrogen-bond donors (Lipinski definition) is 0. The Balaban J connectivity index is 2.34. The Morgan fingerprint density at radius 2 is 2.06 bits per heavy atom. The van der Waals surface area contributed by atoms with Crippen LogP contribution >= 0.6 is 11.8 Å². The van der Waals surface area contributed by atoms with Crippen LogP contribution < -0.4 is 5.56 Å². The van der Waals surface area contributed by atoms with Crippen molar-refractivity contribution in [2.45, 2.75) is 37.2 Å². The SMILES string of the molecule is CCn1ccnc(Sc2ccc(C)c(C)c2)c1=O. The molecule has 3 nitrogen and oxygen atoms in total. The molecule has 0 N–H and O–H groups in total. The lowest BCUT2D eigenvalue weighted by molar-refractivity contribution is 0.692. The fourth-order valence-corrected chi connectivity index (χ4v) is 2.55. The number of hydrogen-bond acceptors (Lipinski definition) is 3. The molecule has 0 saturated heterocycles. The molecule has 2 rings (SSSR count). The zero-order chi connectivity index (χ0) is 13.1. The average Bonchev–Trinajstić information content (AvgIpc) is 2.36. The Morgan fingerprint density at radius 3 is 2.72 bits per heavy atom. The first-order valence-corrected chi connectivity index (χ1v) is 6.74. The number of aryl methyl sites for hydroxylation is 3. The summed E-state index contributed by atoms with van der Waals surface area (Å²) in [5.41, 5.74) is 2.46. The standard InChI is InChI=1S/C14H16N2OS/c1-4-16-8-7-15-13(14(16)17)18-12-6-5-10(2)11(3)9-12/h5-9H,4H2,1-3H3. The second-order valence-corrected chi connectivity index (χ2v) is 5.23. The minimum absolute atomic E-state index is 0.0248. The van der Waals surface area contributed by atoms with Crippen molar-refractivity contribution in [2.75, 3.05) is 0 Å². The van der Waals surface area contributed by atoms with E-state index in [1.807, 2.05) is 13.0 Å². The van der Waals surface area contributed by atoms with Gasteiger partial charge in [-0.2, -0.15) is 0 Å². The van der Waals surface area contributed by atoms with E-state index >= 15 is 0 Å². The van der Waals surface area contributed by atoms with Crippen LogP contribution in [0.15, 0.2) is 45.3 Å². The zero-order valence-corrected chi connectivity index (χ0v) is 11.6. The van der Waals surface area contributed by atoms with E-state index in [1.54, 1.807) is 17.0 Å². The lowest BCUT2D eigenvalue weighted by Gasteiger charge is -2.06. The van der Waals surface area contributed by atoms with Crippen LogP contribution in [-0.2, 0) is 6.54 Å². The van der Waals surface area contributed by atoms with E-state index in [2.05, 4.69) is 31.0 Å². The van der Waals surface area contributed by atoms with Gasteiger partial charge in [-0.15, -0.1) is 0 Å². The average molecular weight is 260 g/mol. The lowest BCUT2D eigenvalue weighted by atomic mass is 10.1. The summed E-state index contributed by atoms with van der Waals surface area (Å²) in [5, 5.41) is 0.530. The molecule has 0 atom stereocenters. The predicted molar refractivity (Wildman–Crippen MR) is 74.2 cm³/mol. The molecule has 1 aromatic heterocycles. The number of benzene rings is 1. The van der Waals surface area contributed by atoms with Crippen LogP contribution in [0.2, 0.25) is 0 Å². The first-order chi connectivity index (χ1) is 8.61. The van der Waals surface area contributed by atoms with Gasteiger partial charge in [0, 0.05) is 23.8 Å². The van der Waals surface area contributed by atoms with Crippen molar-refractivity contribution in [2.24, 2.45) is 0 Å². The highest BCUT2D eigenvalue weighted by molar-refractivity contribution is 7.99. The van der Waals surface area contributed by atoms with Crippen molar-refractivity contribution in [3.63, 3.8) is 0 Å². The second kappa shape index (κ2) is 5.40. The Kier molecular flexibility index (Phi) is 3.87. The van der Waals surface area contributed by atoms with Crippen LogP contribution in [0, 0.1) is 13.8 Å². The van der Waals surface area contributed by atoms with Gasteiger partial charge in [0.25, 0.3) is 5.56 Å². The second-order valence-electron chi connectivity index (χ2n) is 4.17. The molecule has 0 fully saturated rings. The molecule has 0 radical (unpaired) electrons. The molecule has 0 amide bonds. The van der Waals surface area contributed by atoms with Gasteiger partial charge >= 0.3 is 0 Å². The van der Waals surface area contributed by atoms with E-state index < -0.39 is 0 Å². The minimum atomic E-state index is -0.0248. The van der Waals surface area contributed by atoms with Gasteiger partial charge in [0.05, 0.1) is 0 Å². The van der Waals surface area contributed by atoms with E-state index in [-0.39, 0.29) is 5.56 Å². The quantitative estimate of drug-likeness (QED) is 0.851. The monoisotopic (exact) mass is 260 g/mol. The van der Waals surface area contributed by atoms with Crippen molar-refractivity contribution < 1.29 is 0 Å². The smallest absolute Gasteiger partial charge is 0.283 e. The van der Waals surface area contributed by atoms with Gasteiger partial charge in [-0.05, 0) is 44.0 Å². The van der Waals surface area contributed by atoms with Crippen molar-refractivity contribution >= 4 is 11.8 Å². The van der Waals surface area contributed by atoms with Crippen LogP contribution in [0.3, 0.4) is 0 Å². The molecule has 0 bridgehead atoms. The summed E-state index contributed by atoms with van der Waals surface area (Å²) in [6, 6.07) is 6.18. The predicted octanol–water partition coefficient (Wildman–Crippen LogP) is 3.03. The van der Waals surface area contributed by atoms with Gasteiger partial charge in [-0.3, -0.25) is 4.79 Å². The van der Waals surface area contributed by atoms with E-state index in [4.69, 9.17) is 0 Å². The first-order valence-electron chi connectivity index (χ1n) is 5.92. The first kappa shape index (κ1) is 12.9. The summed E-state index contributed by atoms with van der Waals surface area (Å²) >= 11 is 1.42. The summed E-state index contributed by atoms with van der Waals surface area (Å²) in [4.78, 5) is 17.3. The molecule has 0 spiro atoms. The van der Waals surface area contributed by atoms with E-state index in [1.165, 1.54) is 22.9 Å². The molecular formula is C14H16N2OS. The van der Waals surface area contributed by atoms with Gasteiger partial charge in [0.15, 0.2) is 5.03 Å². The highest BCUT2D eigenvalue weighted by Gasteiger charge is 2.06. The Labute approximate surface area is 111 Å². The molecule has 1 aromatic carbocycles. The molecule has 94 valence electrons. The van der Waals surface area contributed by atoms with Crippen molar-refractivity contribution in [1.29, 1.82) is 0 Å². The van der Waals surface area contributed by atoms with Crippen LogP contribution in [-0.4, -0.2) is 9.55 Å². The Morgan fingerprint density at radius 1 is 1.28 bits per heavy atom. The molecule has 4 heteroatoms. The molecule has 1 heterocycles. The maximum absolute atomic E-state index is 12.0. The Bertz CT molecular complexity index is 619. The molecule has 2 aromatic rings. The number of rotatable bonds is 3. The highest BCUT2D eigenvalue weighted by atomic mass is 32.2. The summed E-state index contributed by atoms with van der Waals surface area (Å²) in [6.45, 7) is 6.77. The zero-order valence-electron chi connectivity index (χ0n) is 10.8. The van der Waals surface area contributed by atoms with Crippen LogP contribution in [0.25, 0.3) is 0 Å². The van der Waals surface area contributed by atoms with Crippen molar-refractivity contribution in [3.8, 4) is 0 Å². The fourth-order valence-electron chi connectivity index (χ4n) is 1.64. The fraction of sp³-hybridized carbons (Fsp3) is 0.286. The molecule has 0 aliphatic carbocycles. The third-order valence-corrected chi connectivity index (χ3v) is 3.88. The summed E-state index contributed by atoms with van der Waals surface area (Å²) in [6.07, 6.45) is 3.39. The topological polar surface area (TPSA) is 34.9 Å². The lowest BCUT2D eigenvalue weighted by Crippen LogP contribution is -2.20. The van der Waals surface area contributed by atoms with Crippen LogP contribution in [0.1, 0.15) is 18.1 Å². The highest BCUT2D eigenvalue weighted by Crippen LogP contribution is 2.25. The molecule has 18 heavy (non-hydrogen) atoms. The molecule has 0 aliphatic rings. The molecule has 0 unspecified atom stereocenters. The van der Waals surface area contributed by atoms with Crippen LogP contribution in [0.4, 0.5) is 0 Å². The number of nitrogens with zero attached hydrogens (tertiary/aromatic N) is 2. The molecule has 0 aliphatic heterocycles. The summed E-state index contributed by atoms with van der Waals surface area (Å²) in [7, 11) is 0. The third-order valence-electron chi connectivity index (χ3n) is 2.92. The summed E-state index contributed by atoms with van der Waals surface area (Å²) in [5.74, 6) is 0. The summed E-state index contributed by atoms with van der Waals surface area (Å²) < 4.78 is 1.66. The van der Waals surface area contributed by atoms with Gasteiger partial charge in [-0.1, -0.05) is 17.8 Å². The Hall–Kier alpha value is -1.55. The van der Waals surface area contributed by atoms with E-state index in [9.17, 15) is 4.79 Å². The van der Waals surface area contributed by atoms with E-state index in [0.29, 0.717) is 11.6 Å². The number of aromatic nitrogens is 2. The van der Waals surface area contributed by atoms with Crippen molar-refractivity contribution in [3.05, 3.63) is 52.1 Å². The normalized spacial score (nSPS) is 10.6. The maximum Gasteiger partial charge on any atom is 0.283 e. The van der Waals surface area contributed by atoms with Gasteiger partial charge in [0.1, 0.15) is 0 Å². The van der Waals surface area contributed by atoms with Gasteiger partial charge in [0.2, 0.25) is 0 Å². The van der Waals surface area contributed by atoms with Gasteiger partial charge < -0.3 is 4.57 Å². The third kappa shape index (κ3) is 2.64. The minimum Gasteiger partial charge on any atom is -0.312 e. The molecule has 0 saturated carbocycles.